The first-order chi connectivity index (χ1) is 14.7. The monoisotopic (exact) mass is 445 g/mol. The van der Waals surface area contributed by atoms with Crippen molar-refractivity contribution in [1.29, 1.82) is 0 Å². The topological polar surface area (TPSA) is 201 Å². The highest BCUT2D eigenvalue weighted by molar-refractivity contribution is 5.73. The second kappa shape index (κ2) is 10.3. The van der Waals surface area contributed by atoms with E-state index in [4.69, 9.17) is 24.7 Å². The molecular formula is C19H27NO11. The van der Waals surface area contributed by atoms with Crippen molar-refractivity contribution in [2.45, 2.75) is 68.0 Å². The van der Waals surface area contributed by atoms with Gasteiger partial charge in [0.05, 0.1) is 19.3 Å². The highest BCUT2D eigenvalue weighted by Crippen LogP contribution is 2.29. The van der Waals surface area contributed by atoms with E-state index in [1.807, 2.05) is 0 Å². The molecule has 8 N–H and O–H groups in total. The van der Waals surface area contributed by atoms with Crippen molar-refractivity contribution < 1.29 is 54.4 Å². The van der Waals surface area contributed by atoms with Gasteiger partial charge in [0, 0.05) is 0 Å². The predicted octanol–water partition coefficient (Wildman–Crippen LogP) is -3.11. The minimum atomic E-state index is -1.78. The fourth-order valence-electron chi connectivity index (χ4n) is 3.46. The van der Waals surface area contributed by atoms with Crippen LogP contribution in [-0.2, 0) is 30.3 Å². The molecule has 2 saturated heterocycles. The standard InChI is InChI=1S/C19H27NO11/c20-10-12(23)11(22)9(6-21)29-18(10)30-15-13(24)14(25)19(31-16(15)17(26)27)28-7-8-4-2-1-3-5-8/h1-5,9-16,18-19,21-25H,6-7,20H2,(H,26,27)/t9-,10-,11-,12-,13-,14-,15+,16+,18-,19-/m1/s1. The van der Waals surface area contributed by atoms with Crippen LogP contribution >= 0.6 is 0 Å². The summed E-state index contributed by atoms with van der Waals surface area (Å²) in [5.41, 5.74) is 6.53. The first kappa shape index (κ1) is 23.9. The summed E-state index contributed by atoms with van der Waals surface area (Å²) >= 11 is 0. The van der Waals surface area contributed by atoms with Crippen LogP contribution in [0.1, 0.15) is 5.56 Å². The Morgan fingerprint density at radius 2 is 1.65 bits per heavy atom. The molecule has 174 valence electrons. The molecule has 0 bridgehead atoms. The lowest BCUT2D eigenvalue weighted by molar-refractivity contribution is -0.340. The molecule has 0 unspecified atom stereocenters. The Labute approximate surface area is 177 Å². The Hall–Kier alpha value is -1.71. The number of rotatable bonds is 7. The maximum atomic E-state index is 11.7. The molecule has 2 fully saturated rings. The summed E-state index contributed by atoms with van der Waals surface area (Å²) in [5.74, 6) is -1.51. The lowest BCUT2D eigenvalue weighted by Gasteiger charge is -2.45. The maximum Gasteiger partial charge on any atom is 0.335 e. The molecule has 31 heavy (non-hydrogen) atoms. The third-order valence-electron chi connectivity index (χ3n) is 5.26. The Balaban J connectivity index is 1.71. The first-order valence-electron chi connectivity index (χ1n) is 9.68. The summed E-state index contributed by atoms with van der Waals surface area (Å²) in [6.07, 6.45) is -14.1. The van der Waals surface area contributed by atoms with Gasteiger partial charge < -0.3 is 55.3 Å². The van der Waals surface area contributed by atoms with Crippen LogP contribution in [0.4, 0.5) is 0 Å². The van der Waals surface area contributed by atoms with Gasteiger partial charge in [0.2, 0.25) is 0 Å². The van der Waals surface area contributed by atoms with E-state index in [-0.39, 0.29) is 6.61 Å². The lowest BCUT2D eigenvalue weighted by Crippen LogP contribution is -2.66. The smallest absolute Gasteiger partial charge is 0.335 e. The zero-order valence-corrected chi connectivity index (χ0v) is 16.4. The fourth-order valence-corrected chi connectivity index (χ4v) is 3.46. The van der Waals surface area contributed by atoms with Gasteiger partial charge in [0.1, 0.15) is 36.6 Å². The molecule has 3 rings (SSSR count). The van der Waals surface area contributed by atoms with Crippen LogP contribution in [0.5, 0.6) is 0 Å². The van der Waals surface area contributed by atoms with Crippen molar-refractivity contribution in [3.8, 4) is 0 Å². The molecule has 0 radical (unpaired) electrons. The van der Waals surface area contributed by atoms with E-state index in [1.165, 1.54) is 0 Å². The van der Waals surface area contributed by atoms with Crippen LogP contribution in [0.15, 0.2) is 30.3 Å². The van der Waals surface area contributed by atoms with E-state index in [0.717, 1.165) is 5.56 Å². The summed E-state index contributed by atoms with van der Waals surface area (Å²) in [6, 6.07) is 7.53. The first-order valence-corrected chi connectivity index (χ1v) is 9.68. The average molecular weight is 445 g/mol. The number of hydrogen-bond acceptors (Lipinski definition) is 11. The van der Waals surface area contributed by atoms with Crippen LogP contribution in [0, 0.1) is 0 Å². The van der Waals surface area contributed by atoms with Gasteiger partial charge in [-0.3, -0.25) is 0 Å². The Morgan fingerprint density at radius 3 is 2.26 bits per heavy atom. The predicted molar refractivity (Wildman–Crippen MR) is 100 cm³/mol. The van der Waals surface area contributed by atoms with Crippen molar-refractivity contribution >= 4 is 5.97 Å². The number of ether oxygens (including phenoxy) is 4. The Morgan fingerprint density at radius 1 is 0.968 bits per heavy atom. The number of benzene rings is 1. The molecule has 0 saturated carbocycles. The number of aliphatic carboxylic acids is 1. The molecule has 12 nitrogen and oxygen atoms in total. The SMILES string of the molecule is N[C@H]1[C@@H](O[C@H]2[C@H](O)[C@@H](O)[C@H](OCc3ccccc3)O[C@@H]2C(=O)O)O[C@H](CO)[C@@H](O)[C@@H]1O. The normalized spacial score (nSPS) is 41.1. The van der Waals surface area contributed by atoms with Crippen LogP contribution in [-0.4, -0.2) is 105 Å². The number of aliphatic hydroxyl groups is 5. The summed E-state index contributed by atoms with van der Waals surface area (Å²) < 4.78 is 21.5. The van der Waals surface area contributed by atoms with Crippen LogP contribution in [0.25, 0.3) is 0 Å². The summed E-state index contributed by atoms with van der Waals surface area (Å²) in [5, 5.41) is 59.7. The summed E-state index contributed by atoms with van der Waals surface area (Å²) in [4.78, 5) is 11.7. The molecule has 0 aromatic heterocycles. The van der Waals surface area contributed by atoms with E-state index in [1.54, 1.807) is 30.3 Å². The highest BCUT2D eigenvalue weighted by Gasteiger charge is 2.52. The van der Waals surface area contributed by atoms with Crippen molar-refractivity contribution in [1.82, 2.24) is 0 Å². The van der Waals surface area contributed by atoms with Crippen LogP contribution in [0.2, 0.25) is 0 Å². The van der Waals surface area contributed by atoms with Gasteiger partial charge in [-0.25, -0.2) is 4.79 Å². The van der Waals surface area contributed by atoms with Gasteiger partial charge in [-0.15, -0.1) is 0 Å². The van der Waals surface area contributed by atoms with E-state index in [9.17, 15) is 35.4 Å². The van der Waals surface area contributed by atoms with Gasteiger partial charge in [-0.05, 0) is 5.56 Å². The lowest BCUT2D eigenvalue weighted by atomic mass is 9.96. The van der Waals surface area contributed by atoms with Gasteiger partial charge >= 0.3 is 5.97 Å². The zero-order valence-electron chi connectivity index (χ0n) is 16.4. The fraction of sp³-hybridized carbons (Fsp3) is 0.632. The molecule has 1 aromatic rings. The zero-order chi connectivity index (χ0) is 22.7. The van der Waals surface area contributed by atoms with Crippen LogP contribution < -0.4 is 5.73 Å². The van der Waals surface area contributed by atoms with Crippen molar-refractivity contribution in [3.05, 3.63) is 35.9 Å². The van der Waals surface area contributed by atoms with Gasteiger partial charge in [-0.1, -0.05) is 30.3 Å². The second-order valence-corrected chi connectivity index (χ2v) is 7.43. The van der Waals surface area contributed by atoms with E-state index >= 15 is 0 Å². The summed E-state index contributed by atoms with van der Waals surface area (Å²) in [7, 11) is 0. The molecule has 2 aliphatic rings. The minimum Gasteiger partial charge on any atom is -0.479 e. The number of nitrogens with two attached hydrogens (primary N) is 1. The van der Waals surface area contributed by atoms with E-state index in [0.29, 0.717) is 0 Å². The number of aliphatic hydroxyl groups excluding tert-OH is 5. The van der Waals surface area contributed by atoms with Gasteiger partial charge in [0.25, 0.3) is 0 Å². The average Bonchev–Trinajstić information content (AvgIpc) is 2.76. The third-order valence-corrected chi connectivity index (χ3v) is 5.26. The molecule has 1 aromatic carbocycles. The second-order valence-electron chi connectivity index (χ2n) is 7.43. The molecule has 2 heterocycles. The van der Waals surface area contributed by atoms with E-state index in [2.05, 4.69) is 0 Å². The Kier molecular flexibility index (Phi) is 7.93. The summed E-state index contributed by atoms with van der Waals surface area (Å²) in [6.45, 7) is -0.680. The largest absolute Gasteiger partial charge is 0.479 e. The quantitative estimate of drug-likeness (QED) is 0.223. The molecule has 10 atom stereocenters. The third kappa shape index (κ3) is 5.21. The van der Waals surface area contributed by atoms with Crippen molar-refractivity contribution in [2.24, 2.45) is 5.73 Å². The number of carboxylic acid groups (broad SMARTS) is 1. The van der Waals surface area contributed by atoms with E-state index < -0.39 is 73.9 Å². The van der Waals surface area contributed by atoms with Crippen molar-refractivity contribution in [3.63, 3.8) is 0 Å². The molecule has 0 spiro atoms. The maximum absolute atomic E-state index is 11.7. The number of carboxylic acids is 1. The van der Waals surface area contributed by atoms with Gasteiger partial charge in [-0.2, -0.15) is 0 Å². The minimum absolute atomic E-state index is 0.00792. The Bertz CT molecular complexity index is 720. The highest BCUT2D eigenvalue weighted by atomic mass is 16.7. The van der Waals surface area contributed by atoms with Crippen LogP contribution in [0.3, 0.4) is 0 Å². The van der Waals surface area contributed by atoms with Crippen molar-refractivity contribution in [2.75, 3.05) is 6.61 Å². The molecule has 0 amide bonds. The molecular weight excluding hydrogens is 418 g/mol. The van der Waals surface area contributed by atoms with Gasteiger partial charge in [0.15, 0.2) is 18.7 Å². The molecule has 0 aliphatic carbocycles. The number of hydrogen-bond donors (Lipinski definition) is 7. The molecule has 2 aliphatic heterocycles. The molecule has 12 heteroatoms. The number of carbonyl (C=O) groups is 1.